The molecule has 3 heteroatoms. The number of aromatic nitrogens is 1. The van der Waals surface area contributed by atoms with Crippen LogP contribution in [0.5, 0.6) is 0 Å². The molecule has 0 bridgehead atoms. The third-order valence-electron chi connectivity index (χ3n) is 5.33. The summed E-state index contributed by atoms with van der Waals surface area (Å²) in [5.74, 6) is 1.64. The van der Waals surface area contributed by atoms with Gasteiger partial charge in [0.1, 0.15) is 5.76 Å². The zero-order chi connectivity index (χ0) is 24.6. The largest absolute Gasteiger partial charge is 0.441 e. The molecule has 1 aliphatic rings. The average molecular weight is 455 g/mol. The van der Waals surface area contributed by atoms with Crippen molar-refractivity contribution in [3.63, 3.8) is 0 Å². The minimum atomic E-state index is 0.722. The lowest BCUT2D eigenvalue weighted by molar-refractivity contribution is 0.539. The van der Waals surface area contributed by atoms with Crippen molar-refractivity contribution in [3.8, 4) is 11.5 Å². The quantitative estimate of drug-likeness (QED) is 0.408. The fraction of sp³-hybridized carbons (Fsp3) is 0.258. The molecule has 0 spiro atoms. The van der Waals surface area contributed by atoms with E-state index in [2.05, 4.69) is 80.3 Å². The van der Waals surface area contributed by atoms with Crippen LogP contribution in [0.3, 0.4) is 0 Å². The highest BCUT2D eigenvalue weighted by molar-refractivity contribution is 5.53. The van der Waals surface area contributed by atoms with Crippen LogP contribution in [-0.2, 0) is 6.42 Å². The third kappa shape index (κ3) is 8.74. The predicted octanol–water partition coefficient (Wildman–Crippen LogP) is 8.21. The van der Waals surface area contributed by atoms with Gasteiger partial charge in [-0.25, -0.2) is 4.98 Å². The van der Waals surface area contributed by atoms with E-state index in [-0.39, 0.29) is 0 Å². The lowest BCUT2D eigenvalue weighted by Gasteiger charge is -2.16. The second-order valence-corrected chi connectivity index (χ2v) is 7.83. The number of aryl methyl sites for hydroxylation is 2. The van der Waals surface area contributed by atoms with E-state index in [0.717, 1.165) is 48.7 Å². The normalized spacial score (nSPS) is 15.5. The van der Waals surface area contributed by atoms with Crippen LogP contribution in [0.4, 0.5) is 0 Å². The zero-order valence-electron chi connectivity index (χ0n) is 21.1. The van der Waals surface area contributed by atoms with Gasteiger partial charge in [-0.1, -0.05) is 80.3 Å². The number of benzene rings is 1. The van der Waals surface area contributed by atoms with E-state index in [0.29, 0.717) is 0 Å². The molecule has 1 aromatic heterocycles. The Labute approximate surface area is 205 Å². The van der Waals surface area contributed by atoms with Gasteiger partial charge in [0.25, 0.3) is 0 Å². The van der Waals surface area contributed by atoms with Crippen molar-refractivity contribution in [2.24, 2.45) is 0 Å². The van der Waals surface area contributed by atoms with Gasteiger partial charge in [-0.3, -0.25) is 0 Å². The van der Waals surface area contributed by atoms with Crippen molar-refractivity contribution >= 4 is 0 Å². The topological polar surface area (TPSA) is 38.1 Å². The molecule has 0 atom stereocenters. The van der Waals surface area contributed by atoms with E-state index in [1.165, 1.54) is 16.7 Å². The average Bonchev–Trinajstić information content (AvgIpc) is 3.26. The van der Waals surface area contributed by atoms with Crippen molar-refractivity contribution < 1.29 is 4.42 Å². The number of allylic oxidation sites excluding steroid dienone is 11. The minimum absolute atomic E-state index is 0.722. The van der Waals surface area contributed by atoms with Gasteiger partial charge < -0.3 is 9.73 Å². The van der Waals surface area contributed by atoms with Gasteiger partial charge >= 0.3 is 0 Å². The molecule has 1 N–H and O–H groups in total. The SMILES string of the molecule is C=C/C=C\C=C/CC(/C=C\C)=C/C1=CNCC/C1=C\C.CCc1nc(-c2ccccc2)oc1C. The number of nitrogens with zero attached hydrogens (tertiary/aromatic N) is 1. The molecule has 3 nitrogen and oxygen atoms in total. The highest BCUT2D eigenvalue weighted by Gasteiger charge is 2.09. The van der Waals surface area contributed by atoms with Crippen molar-refractivity contribution in [2.75, 3.05) is 6.54 Å². The highest BCUT2D eigenvalue weighted by Crippen LogP contribution is 2.22. The number of rotatable bonds is 8. The number of nitrogens with one attached hydrogen (secondary N) is 1. The second-order valence-electron chi connectivity index (χ2n) is 7.83. The Bertz CT molecular complexity index is 1080. The smallest absolute Gasteiger partial charge is 0.226 e. The van der Waals surface area contributed by atoms with E-state index < -0.39 is 0 Å². The zero-order valence-corrected chi connectivity index (χ0v) is 21.1. The molecule has 2 heterocycles. The van der Waals surface area contributed by atoms with Crippen LogP contribution >= 0.6 is 0 Å². The van der Waals surface area contributed by atoms with Crippen LogP contribution in [-0.4, -0.2) is 11.5 Å². The van der Waals surface area contributed by atoms with E-state index >= 15 is 0 Å². The van der Waals surface area contributed by atoms with Crippen molar-refractivity contribution in [1.82, 2.24) is 10.3 Å². The van der Waals surface area contributed by atoms with Crippen molar-refractivity contribution in [3.05, 3.63) is 126 Å². The maximum Gasteiger partial charge on any atom is 0.226 e. The van der Waals surface area contributed by atoms with Crippen molar-refractivity contribution in [1.29, 1.82) is 0 Å². The molecular formula is C31H38N2O. The molecule has 1 aromatic carbocycles. The van der Waals surface area contributed by atoms with Crippen LogP contribution in [0.25, 0.3) is 11.5 Å². The maximum absolute atomic E-state index is 5.58. The molecule has 3 rings (SSSR count). The monoisotopic (exact) mass is 454 g/mol. The first-order valence-corrected chi connectivity index (χ1v) is 12.0. The van der Waals surface area contributed by atoms with Crippen LogP contribution in [0, 0.1) is 6.92 Å². The van der Waals surface area contributed by atoms with Crippen LogP contribution in [0.15, 0.2) is 119 Å². The molecule has 1 aliphatic heterocycles. The molecule has 0 unspecified atom stereocenters. The molecule has 0 saturated carbocycles. The molecule has 0 fully saturated rings. The Balaban J connectivity index is 0.000000254. The first kappa shape index (κ1) is 26.7. The van der Waals surface area contributed by atoms with Crippen LogP contribution in [0.1, 0.15) is 45.1 Å². The Hall–Kier alpha value is -3.59. The predicted molar refractivity (Wildman–Crippen MR) is 147 cm³/mol. The summed E-state index contributed by atoms with van der Waals surface area (Å²) in [7, 11) is 0. The van der Waals surface area contributed by atoms with Crippen LogP contribution in [0.2, 0.25) is 0 Å². The molecule has 0 amide bonds. The molecule has 0 saturated heterocycles. The number of hydrogen-bond donors (Lipinski definition) is 1. The Morgan fingerprint density at radius 3 is 2.59 bits per heavy atom. The first-order valence-electron chi connectivity index (χ1n) is 12.0. The summed E-state index contributed by atoms with van der Waals surface area (Å²) in [5.41, 5.74) is 6.10. The van der Waals surface area contributed by atoms with Gasteiger partial charge in [-0.2, -0.15) is 0 Å². The molecule has 2 aromatic rings. The molecule has 0 aliphatic carbocycles. The lowest BCUT2D eigenvalue weighted by Crippen LogP contribution is -2.15. The second kappa shape index (κ2) is 15.3. The summed E-state index contributed by atoms with van der Waals surface area (Å²) in [6.45, 7) is 12.9. The van der Waals surface area contributed by atoms with E-state index in [4.69, 9.17) is 4.42 Å². The minimum Gasteiger partial charge on any atom is -0.441 e. The Morgan fingerprint density at radius 2 is 1.94 bits per heavy atom. The molecular weight excluding hydrogens is 416 g/mol. The van der Waals surface area contributed by atoms with E-state index in [9.17, 15) is 0 Å². The standard InChI is InChI=1S/C19H25N.C12H13NO/c1-4-7-8-9-10-12-17(11-5-2)15-19-16-20-14-13-18(19)6-3;1-3-11-9(2)14-12(13-11)10-7-5-4-6-8-10/h4-11,15-16,20H,1,12-14H2,2-3H3;4-8H,3H2,1-2H3/b8-7-,10-9-,11-5-,17-15+,18-6+;. The lowest BCUT2D eigenvalue weighted by atomic mass is 9.97. The Kier molecular flexibility index (Phi) is 12.0. The van der Waals surface area contributed by atoms with Crippen molar-refractivity contribution in [2.45, 2.75) is 47.0 Å². The van der Waals surface area contributed by atoms with Gasteiger partial charge in [0.15, 0.2) is 0 Å². The summed E-state index contributed by atoms with van der Waals surface area (Å²) in [6, 6.07) is 9.97. The fourth-order valence-corrected chi connectivity index (χ4v) is 3.55. The number of oxazole rings is 1. The summed E-state index contributed by atoms with van der Waals surface area (Å²) >= 11 is 0. The summed E-state index contributed by atoms with van der Waals surface area (Å²) in [5, 5.41) is 3.32. The summed E-state index contributed by atoms with van der Waals surface area (Å²) < 4.78 is 5.58. The first-order chi connectivity index (χ1) is 16.6. The van der Waals surface area contributed by atoms with Gasteiger partial charge in [-0.05, 0) is 75.0 Å². The van der Waals surface area contributed by atoms with Gasteiger partial charge in [0.05, 0.1) is 5.69 Å². The third-order valence-corrected chi connectivity index (χ3v) is 5.33. The number of hydrogen-bond acceptors (Lipinski definition) is 3. The van der Waals surface area contributed by atoms with Crippen LogP contribution < -0.4 is 5.32 Å². The molecule has 0 radical (unpaired) electrons. The van der Waals surface area contributed by atoms with Gasteiger partial charge in [-0.15, -0.1) is 0 Å². The van der Waals surface area contributed by atoms with E-state index in [1.807, 2.05) is 49.4 Å². The highest BCUT2D eigenvalue weighted by atomic mass is 16.4. The van der Waals surface area contributed by atoms with Gasteiger partial charge in [0.2, 0.25) is 5.89 Å². The maximum atomic E-state index is 5.58. The molecule has 34 heavy (non-hydrogen) atoms. The molecule has 178 valence electrons. The fourth-order valence-electron chi connectivity index (χ4n) is 3.55. The van der Waals surface area contributed by atoms with E-state index in [1.54, 1.807) is 6.08 Å². The Morgan fingerprint density at radius 1 is 1.15 bits per heavy atom. The summed E-state index contributed by atoms with van der Waals surface area (Å²) in [4.78, 5) is 4.43. The summed E-state index contributed by atoms with van der Waals surface area (Å²) in [6.07, 6.45) is 23.7. The van der Waals surface area contributed by atoms with Gasteiger partial charge in [0, 0.05) is 18.3 Å².